The zero-order valence-electron chi connectivity index (χ0n) is 11.9. The molecule has 0 fully saturated rings. The lowest BCUT2D eigenvalue weighted by Crippen LogP contribution is -2.24. The van der Waals surface area contributed by atoms with E-state index in [1.165, 1.54) is 18.2 Å². The summed E-state index contributed by atoms with van der Waals surface area (Å²) in [5, 5.41) is 10.6. The van der Waals surface area contributed by atoms with Crippen molar-refractivity contribution in [1.29, 1.82) is 0 Å². The zero-order valence-corrected chi connectivity index (χ0v) is 11.9. The van der Waals surface area contributed by atoms with Crippen molar-refractivity contribution in [2.75, 3.05) is 0 Å². The minimum absolute atomic E-state index is 0.0189. The first-order chi connectivity index (χ1) is 10.9. The van der Waals surface area contributed by atoms with Crippen LogP contribution in [0.25, 0.3) is 0 Å². The van der Waals surface area contributed by atoms with Crippen LogP contribution in [0.15, 0.2) is 42.5 Å². The Morgan fingerprint density at radius 2 is 1.83 bits per heavy atom. The second-order valence-electron chi connectivity index (χ2n) is 4.95. The lowest BCUT2D eigenvalue weighted by Gasteiger charge is -2.06. The maximum absolute atomic E-state index is 13.6. The largest absolute Gasteiger partial charge is 0.321 e. The summed E-state index contributed by atoms with van der Waals surface area (Å²) >= 11 is 0. The van der Waals surface area contributed by atoms with Crippen molar-refractivity contribution in [3.05, 3.63) is 75.1 Å². The van der Waals surface area contributed by atoms with E-state index in [-0.39, 0.29) is 5.56 Å². The van der Waals surface area contributed by atoms with Crippen molar-refractivity contribution in [2.45, 2.75) is 12.5 Å². The van der Waals surface area contributed by atoms with E-state index in [0.717, 1.165) is 17.7 Å². The minimum Gasteiger partial charge on any atom is -0.321 e. The number of hydrogen-bond donors (Lipinski definition) is 1. The molecule has 0 amide bonds. The molecule has 0 saturated heterocycles. The summed E-state index contributed by atoms with van der Waals surface area (Å²) < 4.78 is 13.6. The Kier molecular flexibility index (Phi) is 4.92. The summed E-state index contributed by atoms with van der Waals surface area (Å²) in [6.45, 7) is 0. The van der Waals surface area contributed by atoms with Crippen molar-refractivity contribution >= 4 is 17.8 Å². The molecule has 2 rings (SSSR count). The summed E-state index contributed by atoms with van der Waals surface area (Å²) in [6.07, 6.45) is 0.989. The summed E-state index contributed by atoms with van der Waals surface area (Å²) in [6, 6.07) is 8.77. The minimum atomic E-state index is -1.06. The van der Waals surface area contributed by atoms with Crippen molar-refractivity contribution in [3.8, 4) is 0 Å². The number of hydrogen-bond acceptors (Lipinski definition) is 5. The molecule has 2 aromatic rings. The fourth-order valence-corrected chi connectivity index (χ4v) is 2.08. The number of nitrogens with two attached hydrogens (primary N) is 1. The molecule has 1 unspecified atom stereocenters. The van der Waals surface area contributed by atoms with E-state index in [1.54, 1.807) is 12.1 Å². The Labute approximate surface area is 130 Å². The Hall–Kier alpha value is -2.93. The molecule has 0 aliphatic rings. The molecular weight excluding hydrogens is 303 g/mol. The first-order valence-electron chi connectivity index (χ1n) is 6.71. The van der Waals surface area contributed by atoms with Crippen LogP contribution in [0.4, 0.5) is 10.1 Å². The van der Waals surface area contributed by atoms with Gasteiger partial charge in [-0.05, 0) is 24.1 Å². The van der Waals surface area contributed by atoms with Crippen LogP contribution in [0, 0.1) is 15.9 Å². The third kappa shape index (κ3) is 3.83. The molecule has 0 heterocycles. The third-order valence-electron chi connectivity index (χ3n) is 3.27. The van der Waals surface area contributed by atoms with E-state index >= 15 is 0 Å². The van der Waals surface area contributed by atoms with Gasteiger partial charge < -0.3 is 10.5 Å². The number of nitrogens with zero attached hydrogens (tertiary/aromatic N) is 1. The fourth-order valence-electron chi connectivity index (χ4n) is 2.08. The van der Waals surface area contributed by atoms with Gasteiger partial charge in [0, 0.05) is 17.2 Å². The van der Waals surface area contributed by atoms with Crippen LogP contribution >= 0.6 is 0 Å². The molecular formula is C16H13FN2O4. The molecule has 1 atom stereocenters. The summed E-state index contributed by atoms with van der Waals surface area (Å²) in [4.78, 5) is 32.5. The monoisotopic (exact) mass is 316 g/mol. The second-order valence-corrected chi connectivity index (χ2v) is 4.95. The van der Waals surface area contributed by atoms with Gasteiger partial charge in [-0.3, -0.25) is 14.9 Å². The molecule has 6 nitrogen and oxygen atoms in total. The molecule has 7 heteroatoms. The van der Waals surface area contributed by atoms with Gasteiger partial charge in [0.2, 0.25) is 5.82 Å². The molecule has 0 aromatic heterocycles. The highest BCUT2D eigenvalue weighted by Crippen LogP contribution is 2.20. The lowest BCUT2D eigenvalue weighted by atomic mass is 10.00. The molecule has 2 aromatic carbocycles. The molecule has 23 heavy (non-hydrogen) atoms. The predicted octanol–water partition coefficient (Wildman–Crippen LogP) is 2.03. The van der Waals surface area contributed by atoms with E-state index in [4.69, 9.17) is 5.73 Å². The van der Waals surface area contributed by atoms with Crippen LogP contribution in [-0.4, -0.2) is 23.0 Å². The second kappa shape index (κ2) is 6.89. The molecule has 0 bridgehead atoms. The molecule has 0 saturated carbocycles. The first-order valence-corrected chi connectivity index (χ1v) is 6.71. The van der Waals surface area contributed by atoms with Gasteiger partial charge in [0.1, 0.15) is 6.29 Å². The van der Waals surface area contributed by atoms with E-state index in [2.05, 4.69) is 0 Å². The number of carbonyl (C=O) groups excluding carboxylic acids is 2. The lowest BCUT2D eigenvalue weighted by molar-refractivity contribution is -0.387. The first kappa shape index (κ1) is 16.4. The van der Waals surface area contributed by atoms with Crippen molar-refractivity contribution < 1.29 is 18.9 Å². The van der Waals surface area contributed by atoms with E-state index in [9.17, 15) is 24.1 Å². The van der Waals surface area contributed by atoms with Gasteiger partial charge in [-0.1, -0.05) is 24.3 Å². The molecule has 118 valence electrons. The van der Waals surface area contributed by atoms with Crippen molar-refractivity contribution in [1.82, 2.24) is 0 Å². The van der Waals surface area contributed by atoms with Gasteiger partial charge in [-0.15, -0.1) is 0 Å². The Morgan fingerprint density at radius 3 is 2.35 bits per heavy atom. The Morgan fingerprint density at radius 1 is 1.22 bits per heavy atom. The van der Waals surface area contributed by atoms with Gasteiger partial charge in [0.15, 0.2) is 5.78 Å². The van der Waals surface area contributed by atoms with Crippen molar-refractivity contribution in [2.24, 2.45) is 5.73 Å². The molecule has 0 aliphatic heterocycles. The van der Waals surface area contributed by atoms with Crippen LogP contribution in [0.1, 0.15) is 21.5 Å². The number of carbonyl (C=O) groups is 2. The maximum Gasteiger partial charge on any atom is 0.304 e. The van der Waals surface area contributed by atoms with Gasteiger partial charge >= 0.3 is 5.69 Å². The zero-order chi connectivity index (χ0) is 17.0. The average Bonchev–Trinajstić information content (AvgIpc) is 2.54. The quantitative estimate of drug-likeness (QED) is 0.380. The maximum atomic E-state index is 13.6. The standard InChI is InChI=1S/C16H13FN2O4/c17-14-8-12(5-6-15(14)19(22)23)16(21)11-3-1-10(2-4-11)7-13(18)9-20/h1-6,8-9,13H,7,18H2. The molecule has 0 radical (unpaired) electrons. The predicted molar refractivity (Wildman–Crippen MR) is 80.7 cm³/mol. The highest BCUT2D eigenvalue weighted by Gasteiger charge is 2.17. The molecule has 0 aliphatic carbocycles. The summed E-state index contributed by atoms with van der Waals surface area (Å²) in [5.74, 6) is -1.51. The van der Waals surface area contributed by atoms with Gasteiger partial charge in [0.25, 0.3) is 0 Å². The third-order valence-corrected chi connectivity index (χ3v) is 3.27. The highest BCUT2D eigenvalue weighted by atomic mass is 19.1. The van der Waals surface area contributed by atoms with E-state index < -0.39 is 28.3 Å². The van der Waals surface area contributed by atoms with Crippen LogP contribution in [0.5, 0.6) is 0 Å². The number of aldehydes is 1. The topological polar surface area (TPSA) is 103 Å². The van der Waals surface area contributed by atoms with E-state index in [1.807, 2.05) is 0 Å². The molecule has 0 spiro atoms. The molecule has 2 N–H and O–H groups in total. The number of nitro groups is 1. The van der Waals surface area contributed by atoms with Gasteiger partial charge in [0.05, 0.1) is 11.0 Å². The summed E-state index contributed by atoms with van der Waals surface area (Å²) in [7, 11) is 0. The normalized spacial score (nSPS) is 11.7. The van der Waals surface area contributed by atoms with Crippen LogP contribution in [-0.2, 0) is 11.2 Å². The smallest absolute Gasteiger partial charge is 0.304 e. The van der Waals surface area contributed by atoms with Crippen molar-refractivity contribution in [3.63, 3.8) is 0 Å². The Balaban J connectivity index is 2.22. The number of benzene rings is 2. The summed E-state index contributed by atoms with van der Waals surface area (Å²) in [5.41, 5.74) is 5.95. The van der Waals surface area contributed by atoms with Gasteiger partial charge in [-0.2, -0.15) is 4.39 Å². The number of rotatable bonds is 6. The van der Waals surface area contributed by atoms with Crippen LogP contribution < -0.4 is 5.73 Å². The number of halogens is 1. The van der Waals surface area contributed by atoms with Crippen LogP contribution in [0.2, 0.25) is 0 Å². The fraction of sp³-hybridized carbons (Fsp3) is 0.125. The van der Waals surface area contributed by atoms with Crippen LogP contribution in [0.3, 0.4) is 0 Å². The highest BCUT2D eigenvalue weighted by molar-refractivity contribution is 6.09. The average molecular weight is 316 g/mol. The SMILES string of the molecule is NC(C=O)Cc1ccc(C(=O)c2ccc([N+](=O)[O-])c(F)c2)cc1. The number of nitro benzene ring substituents is 1. The van der Waals surface area contributed by atoms with E-state index in [0.29, 0.717) is 18.3 Å². The Bertz CT molecular complexity index is 759. The number of ketones is 1. The van der Waals surface area contributed by atoms with Gasteiger partial charge in [-0.25, -0.2) is 0 Å².